The molecule has 3 rings (SSSR count). The minimum absolute atomic E-state index is 0.241. The standard InChI is InChI=1S/C24H32N3O4PS.C2H6/c1-16-9-11-18(12-10-16)21-20(23(28)25-3)19-15-17(2)22(26-24(19)31-21)27(33(5,29)30)13-7-6-8-14-32-4;1-2/h9-12,15,32H,6-8,13-14H2,1-5H3,(H,25,28);1-2H3. The van der Waals surface area contributed by atoms with Crippen molar-refractivity contribution in [3.8, 4) is 11.3 Å². The van der Waals surface area contributed by atoms with Crippen molar-refractivity contribution in [3.05, 3.63) is 47.0 Å². The van der Waals surface area contributed by atoms with Gasteiger partial charge in [-0.3, -0.25) is 9.10 Å². The average molecular weight is 520 g/mol. The van der Waals surface area contributed by atoms with Crippen LogP contribution in [-0.4, -0.2) is 52.0 Å². The van der Waals surface area contributed by atoms with Crippen molar-refractivity contribution in [1.29, 1.82) is 0 Å². The molecule has 3 aromatic rings. The normalized spacial score (nSPS) is 11.5. The Morgan fingerprint density at radius 3 is 2.34 bits per heavy atom. The molecule has 1 aromatic carbocycles. The zero-order valence-electron chi connectivity index (χ0n) is 21.9. The van der Waals surface area contributed by atoms with E-state index in [1.165, 1.54) is 16.7 Å². The van der Waals surface area contributed by atoms with Crippen LogP contribution in [0.2, 0.25) is 0 Å². The highest BCUT2D eigenvalue weighted by atomic mass is 32.2. The molecule has 2 heterocycles. The van der Waals surface area contributed by atoms with Gasteiger partial charge in [0, 0.05) is 19.2 Å². The quantitative estimate of drug-likeness (QED) is 0.272. The van der Waals surface area contributed by atoms with Crippen LogP contribution >= 0.6 is 8.58 Å². The van der Waals surface area contributed by atoms with E-state index in [2.05, 4.69) is 17.0 Å². The van der Waals surface area contributed by atoms with Crippen molar-refractivity contribution < 1.29 is 17.6 Å². The highest BCUT2D eigenvalue weighted by molar-refractivity contribution is 7.92. The SMILES string of the molecule is CC.CNC(=O)c1c(-c2ccc(C)cc2)oc2nc(N(CCCCCPC)S(C)(=O)=O)c(C)cc12. The highest BCUT2D eigenvalue weighted by Crippen LogP contribution is 2.36. The second-order valence-electron chi connectivity index (χ2n) is 8.23. The number of carbonyl (C=O) groups excluding carboxylic acids is 1. The first-order valence-corrected chi connectivity index (χ1v) is 15.6. The molecule has 9 heteroatoms. The summed E-state index contributed by atoms with van der Waals surface area (Å²) < 4.78 is 32.6. The first-order valence-electron chi connectivity index (χ1n) is 12.0. The molecule has 1 N–H and O–H groups in total. The van der Waals surface area contributed by atoms with Crippen molar-refractivity contribution in [3.63, 3.8) is 0 Å². The number of nitrogens with zero attached hydrogens (tertiary/aromatic N) is 2. The molecule has 0 radical (unpaired) electrons. The molecule has 1 amide bonds. The summed E-state index contributed by atoms with van der Waals surface area (Å²) in [4.78, 5) is 17.4. The van der Waals surface area contributed by atoms with Gasteiger partial charge in [0.05, 0.1) is 17.2 Å². The summed E-state index contributed by atoms with van der Waals surface area (Å²) in [5, 5.41) is 3.23. The number of benzene rings is 1. The van der Waals surface area contributed by atoms with Crippen LogP contribution < -0.4 is 9.62 Å². The van der Waals surface area contributed by atoms with Gasteiger partial charge in [-0.2, -0.15) is 4.98 Å². The van der Waals surface area contributed by atoms with Gasteiger partial charge in [-0.1, -0.05) is 50.1 Å². The number of hydrogen-bond donors (Lipinski definition) is 1. The van der Waals surface area contributed by atoms with Crippen molar-refractivity contribution in [2.75, 3.05) is 37.0 Å². The van der Waals surface area contributed by atoms with Crippen molar-refractivity contribution in [1.82, 2.24) is 10.3 Å². The summed E-state index contributed by atoms with van der Waals surface area (Å²) in [6.07, 6.45) is 5.17. The number of aryl methyl sites for hydroxylation is 2. The first-order chi connectivity index (χ1) is 16.7. The number of amides is 1. The average Bonchev–Trinajstić information content (AvgIpc) is 3.19. The first kappa shape index (κ1) is 28.8. The van der Waals surface area contributed by atoms with Crippen LogP contribution in [0.3, 0.4) is 0 Å². The molecule has 1 atom stereocenters. The zero-order chi connectivity index (χ0) is 26.2. The Kier molecular flexibility index (Phi) is 10.7. The van der Waals surface area contributed by atoms with Crippen LogP contribution in [0.5, 0.6) is 0 Å². The fourth-order valence-corrected chi connectivity index (χ4v) is 5.35. The molecule has 0 saturated heterocycles. The van der Waals surface area contributed by atoms with Crippen molar-refractivity contribution in [2.45, 2.75) is 47.0 Å². The third kappa shape index (κ3) is 7.05. The fourth-order valence-electron chi connectivity index (χ4n) is 3.79. The minimum atomic E-state index is -3.53. The molecule has 0 aliphatic carbocycles. The number of aromatic nitrogens is 1. The summed E-state index contributed by atoms with van der Waals surface area (Å²) in [7, 11) is -1.05. The van der Waals surface area contributed by atoms with Gasteiger partial charge in [-0.25, -0.2) is 8.42 Å². The van der Waals surface area contributed by atoms with Crippen LogP contribution in [0.15, 0.2) is 34.7 Å². The lowest BCUT2D eigenvalue weighted by molar-refractivity contribution is 0.0964. The predicted molar refractivity (Wildman–Crippen MR) is 149 cm³/mol. The van der Waals surface area contributed by atoms with Gasteiger partial charge in [0.2, 0.25) is 15.7 Å². The Balaban J connectivity index is 0.00000210. The second-order valence-corrected chi connectivity index (χ2v) is 11.3. The summed E-state index contributed by atoms with van der Waals surface area (Å²) in [5.74, 6) is 0.476. The van der Waals surface area contributed by atoms with Gasteiger partial charge < -0.3 is 9.73 Å². The molecule has 0 fully saturated rings. The largest absolute Gasteiger partial charge is 0.437 e. The smallest absolute Gasteiger partial charge is 0.255 e. The van der Waals surface area contributed by atoms with Crippen LogP contribution in [0.1, 0.15) is 54.6 Å². The maximum atomic E-state index is 12.8. The molecule has 2 aromatic heterocycles. The van der Waals surface area contributed by atoms with Gasteiger partial charge in [0.1, 0.15) is 11.6 Å². The molecule has 1 unspecified atom stereocenters. The zero-order valence-corrected chi connectivity index (χ0v) is 23.7. The van der Waals surface area contributed by atoms with Gasteiger partial charge in [-0.15, -0.1) is 8.58 Å². The van der Waals surface area contributed by atoms with Crippen LogP contribution in [-0.2, 0) is 10.0 Å². The number of rotatable bonds is 10. The third-order valence-corrected chi connectivity index (χ3v) is 7.55. The molecule has 192 valence electrons. The molecular formula is C26H38N3O4PS. The van der Waals surface area contributed by atoms with E-state index >= 15 is 0 Å². The number of anilines is 1. The highest BCUT2D eigenvalue weighted by Gasteiger charge is 2.26. The minimum Gasteiger partial charge on any atom is -0.437 e. The summed E-state index contributed by atoms with van der Waals surface area (Å²) >= 11 is 0. The number of sulfonamides is 1. The lowest BCUT2D eigenvalue weighted by Gasteiger charge is -2.22. The van der Waals surface area contributed by atoms with E-state index in [4.69, 9.17) is 4.42 Å². The van der Waals surface area contributed by atoms with E-state index in [0.717, 1.165) is 39.0 Å². The number of nitrogens with one attached hydrogen (secondary N) is 1. The van der Waals surface area contributed by atoms with E-state index in [9.17, 15) is 13.2 Å². The fraction of sp³-hybridized carbons (Fsp3) is 0.462. The van der Waals surface area contributed by atoms with E-state index in [1.807, 2.05) is 52.0 Å². The Hall–Kier alpha value is -2.44. The molecule has 35 heavy (non-hydrogen) atoms. The lowest BCUT2D eigenvalue weighted by atomic mass is 10.0. The molecule has 0 saturated carbocycles. The maximum absolute atomic E-state index is 12.8. The monoisotopic (exact) mass is 519 g/mol. The number of carbonyl (C=O) groups is 1. The summed E-state index contributed by atoms with van der Waals surface area (Å²) in [5.41, 5.74) is 3.16. The Morgan fingerprint density at radius 2 is 1.77 bits per heavy atom. The number of furan rings is 1. The number of hydrogen-bond acceptors (Lipinski definition) is 5. The number of pyridine rings is 1. The van der Waals surface area contributed by atoms with Gasteiger partial charge in [-0.05, 0) is 51.1 Å². The molecule has 0 bridgehead atoms. The third-order valence-electron chi connectivity index (χ3n) is 5.54. The second kappa shape index (κ2) is 13.0. The summed E-state index contributed by atoms with van der Waals surface area (Å²) in [6.45, 7) is 10.3. The maximum Gasteiger partial charge on any atom is 0.255 e. The molecule has 0 aliphatic heterocycles. The van der Waals surface area contributed by atoms with E-state index in [0.29, 0.717) is 34.6 Å². The molecule has 0 spiro atoms. The topological polar surface area (TPSA) is 92.5 Å². The van der Waals surface area contributed by atoms with Crippen molar-refractivity contribution >= 4 is 41.4 Å². The lowest BCUT2D eigenvalue weighted by Crippen LogP contribution is -2.32. The molecule has 7 nitrogen and oxygen atoms in total. The Bertz CT molecular complexity index is 1240. The van der Waals surface area contributed by atoms with E-state index in [1.54, 1.807) is 13.1 Å². The van der Waals surface area contributed by atoms with Crippen LogP contribution in [0.25, 0.3) is 22.4 Å². The Labute approximate surface area is 211 Å². The van der Waals surface area contributed by atoms with Gasteiger partial charge >= 0.3 is 0 Å². The Morgan fingerprint density at radius 1 is 1.11 bits per heavy atom. The number of unbranched alkanes of at least 4 members (excludes halogenated alkanes) is 2. The van der Waals surface area contributed by atoms with Crippen LogP contribution in [0, 0.1) is 13.8 Å². The summed E-state index contributed by atoms with van der Waals surface area (Å²) in [6, 6.07) is 9.48. The molecule has 0 aliphatic rings. The van der Waals surface area contributed by atoms with Gasteiger partial charge in [0.15, 0.2) is 0 Å². The van der Waals surface area contributed by atoms with Crippen LogP contribution in [0.4, 0.5) is 5.82 Å². The molecular weight excluding hydrogens is 481 g/mol. The van der Waals surface area contributed by atoms with Gasteiger partial charge in [0.25, 0.3) is 5.91 Å². The van der Waals surface area contributed by atoms with Crippen molar-refractivity contribution in [2.24, 2.45) is 0 Å². The van der Waals surface area contributed by atoms with E-state index < -0.39 is 10.0 Å². The predicted octanol–water partition coefficient (Wildman–Crippen LogP) is 5.74. The van der Waals surface area contributed by atoms with E-state index in [-0.39, 0.29) is 11.6 Å². The number of fused-ring (bicyclic) bond motifs is 1.